The molecule has 0 aromatic heterocycles. The molecule has 2 nitrogen and oxygen atoms in total. The molecule has 0 rings (SSSR count). The predicted octanol–water partition coefficient (Wildman–Crippen LogP) is 2.60. The topological polar surface area (TPSA) is 34.1 Å². The number of hydrogen-bond acceptors (Lipinski definition) is 2. The smallest absolute Gasteiger partial charge is 0.145 e. The van der Waals surface area contributed by atoms with Crippen LogP contribution < -0.4 is 0 Å². The van der Waals surface area contributed by atoms with Gasteiger partial charge in [0.05, 0.1) is 6.42 Å². The molecule has 0 aliphatic rings. The van der Waals surface area contributed by atoms with Crippen molar-refractivity contribution in [1.82, 2.24) is 0 Å². The van der Waals surface area contributed by atoms with Gasteiger partial charge in [-0.15, -0.1) is 0 Å². The Bertz CT molecular complexity index is 194. The van der Waals surface area contributed by atoms with Crippen LogP contribution in [0.25, 0.3) is 0 Å². The SMILES string of the molecule is CC(C)(C)C(=O)CC(=O)C(C)(C)C.[Zr]. The molecule has 0 aliphatic heterocycles. The minimum Gasteiger partial charge on any atom is -0.299 e. The summed E-state index contributed by atoms with van der Waals surface area (Å²) in [5, 5.41) is 0. The monoisotopic (exact) mass is 274 g/mol. The summed E-state index contributed by atoms with van der Waals surface area (Å²) in [4.78, 5) is 23.0. The number of carbonyl (C=O) groups is 2. The first-order valence-electron chi connectivity index (χ1n) is 4.62. The minimum absolute atomic E-state index is 0. The van der Waals surface area contributed by atoms with E-state index in [1.54, 1.807) is 0 Å². The second-order valence-electron chi connectivity index (χ2n) is 5.52. The summed E-state index contributed by atoms with van der Waals surface area (Å²) in [6.45, 7) is 11.0. The fourth-order valence-electron chi connectivity index (χ4n) is 0.676. The Kier molecular flexibility index (Phi) is 6.36. The standard InChI is InChI=1S/C11H20O2.Zr/c1-10(2,3)8(12)7-9(13)11(4,5)6;/h7H2,1-6H3;. The van der Waals surface area contributed by atoms with Gasteiger partial charge >= 0.3 is 0 Å². The summed E-state index contributed by atoms with van der Waals surface area (Å²) in [6.07, 6.45) is 0.0625. The van der Waals surface area contributed by atoms with E-state index in [1.165, 1.54) is 0 Å². The van der Waals surface area contributed by atoms with Gasteiger partial charge in [-0.1, -0.05) is 41.5 Å². The number of carbonyl (C=O) groups excluding carboxylic acids is 2. The Balaban J connectivity index is 0. The Hall–Kier alpha value is 0.223. The van der Waals surface area contributed by atoms with Crippen molar-refractivity contribution in [2.24, 2.45) is 10.8 Å². The third-order valence-corrected chi connectivity index (χ3v) is 1.99. The molecule has 0 saturated heterocycles. The molecule has 0 fully saturated rings. The molecular formula is C11H20O2Zr. The van der Waals surface area contributed by atoms with E-state index in [0.717, 1.165) is 0 Å². The maximum absolute atomic E-state index is 11.5. The molecule has 0 atom stereocenters. The maximum atomic E-state index is 11.5. The van der Waals surface area contributed by atoms with Crippen LogP contribution in [-0.4, -0.2) is 11.6 Å². The largest absolute Gasteiger partial charge is 0.299 e. The van der Waals surface area contributed by atoms with Crippen molar-refractivity contribution in [2.75, 3.05) is 0 Å². The van der Waals surface area contributed by atoms with Crippen molar-refractivity contribution in [3.63, 3.8) is 0 Å². The van der Waals surface area contributed by atoms with E-state index in [9.17, 15) is 9.59 Å². The first-order chi connectivity index (χ1) is 5.55. The maximum Gasteiger partial charge on any atom is 0.145 e. The van der Waals surface area contributed by atoms with Gasteiger partial charge in [0.25, 0.3) is 0 Å². The molecule has 0 N–H and O–H groups in total. The van der Waals surface area contributed by atoms with E-state index in [4.69, 9.17) is 0 Å². The molecule has 0 amide bonds. The van der Waals surface area contributed by atoms with Gasteiger partial charge in [-0.2, -0.15) is 0 Å². The Morgan fingerprint density at radius 3 is 1.14 bits per heavy atom. The molecule has 0 radical (unpaired) electrons. The van der Waals surface area contributed by atoms with Crippen molar-refractivity contribution in [3.8, 4) is 0 Å². The first kappa shape index (κ1) is 16.6. The van der Waals surface area contributed by atoms with Crippen LogP contribution in [0.15, 0.2) is 0 Å². The van der Waals surface area contributed by atoms with Gasteiger partial charge in [0.1, 0.15) is 11.6 Å². The average Bonchev–Trinajstić information content (AvgIpc) is 1.82. The Morgan fingerprint density at radius 1 is 0.786 bits per heavy atom. The molecule has 3 heteroatoms. The van der Waals surface area contributed by atoms with Crippen LogP contribution in [0.2, 0.25) is 0 Å². The summed E-state index contributed by atoms with van der Waals surface area (Å²) < 4.78 is 0. The van der Waals surface area contributed by atoms with Crippen LogP contribution >= 0.6 is 0 Å². The second kappa shape index (κ2) is 5.35. The van der Waals surface area contributed by atoms with Crippen LogP contribution in [0.4, 0.5) is 0 Å². The van der Waals surface area contributed by atoms with Gasteiger partial charge < -0.3 is 0 Å². The average molecular weight is 276 g/mol. The molecular weight excluding hydrogens is 255 g/mol. The molecule has 0 aromatic rings. The Morgan fingerprint density at radius 2 is 1.00 bits per heavy atom. The molecule has 80 valence electrons. The number of hydrogen-bond donors (Lipinski definition) is 0. The normalized spacial score (nSPS) is 11.9. The summed E-state index contributed by atoms with van der Waals surface area (Å²) in [5.74, 6) is 0.0415. The molecule has 0 unspecified atom stereocenters. The van der Waals surface area contributed by atoms with Crippen LogP contribution in [0.1, 0.15) is 48.0 Å². The molecule has 0 spiro atoms. The van der Waals surface area contributed by atoms with Gasteiger partial charge in [0, 0.05) is 37.0 Å². The van der Waals surface area contributed by atoms with E-state index < -0.39 is 10.8 Å². The van der Waals surface area contributed by atoms with Crippen LogP contribution in [0.5, 0.6) is 0 Å². The van der Waals surface area contributed by atoms with Crippen molar-refractivity contribution < 1.29 is 35.8 Å². The molecule has 0 aromatic carbocycles. The zero-order valence-corrected chi connectivity index (χ0v) is 12.5. The number of Topliss-reactive ketones (excluding diaryl/α,β-unsaturated/α-hetero) is 2. The number of rotatable bonds is 2. The van der Waals surface area contributed by atoms with Crippen LogP contribution in [-0.2, 0) is 35.8 Å². The van der Waals surface area contributed by atoms with Gasteiger partial charge in [0.2, 0.25) is 0 Å². The van der Waals surface area contributed by atoms with Crippen LogP contribution in [0.3, 0.4) is 0 Å². The summed E-state index contributed by atoms with van der Waals surface area (Å²) in [5.41, 5.74) is -0.804. The predicted molar refractivity (Wildman–Crippen MR) is 53.5 cm³/mol. The molecule has 14 heavy (non-hydrogen) atoms. The first-order valence-corrected chi connectivity index (χ1v) is 4.62. The van der Waals surface area contributed by atoms with Crippen molar-refractivity contribution in [2.45, 2.75) is 48.0 Å². The summed E-state index contributed by atoms with van der Waals surface area (Å²) >= 11 is 0. The van der Waals surface area contributed by atoms with Gasteiger partial charge in [-0.25, -0.2) is 0 Å². The summed E-state index contributed by atoms with van der Waals surface area (Å²) in [7, 11) is 0. The third-order valence-electron chi connectivity index (χ3n) is 1.99. The number of ketones is 2. The van der Waals surface area contributed by atoms with E-state index >= 15 is 0 Å². The molecule has 0 bridgehead atoms. The van der Waals surface area contributed by atoms with Crippen molar-refractivity contribution >= 4 is 11.6 Å². The van der Waals surface area contributed by atoms with Crippen molar-refractivity contribution in [1.29, 1.82) is 0 Å². The zero-order valence-electron chi connectivity index (χ0n) is 10.0. The summed E-state index contributed by atoms with van der Waals surface area (Å²) in [6, 6.07) is 0. The van der Waals surface area contributed by atoms with E-state index in [2.05, 4.69) is 0 Å². The second-order valence-corrected chi connectivity index (χ2v) is 5.52. The fraction of sp³-hybridized carbons (Fsp3) is 0.818. The molecule has 0 aliphatic carbocycles. The van der Waals surface area contributed by atoms with Crippen LogP contribution in [0, 0.1) is 10.8 Å². The molecule has 0 heterocycles. The fourth-order valence-corrected chi connectivity index (χ4v) is 0.676. The van der Waals surface area contributed by atoms with E-state index in [-0.39, 0.29) is 44.2 Å². The van der Waals surface area contributed by atoms with E-state index in [1.807, 2.05) is 41.5 Å². The van der Waals surface area contributed by atoms with Crippen molar-refractivity contribution in [3.05, 3.63) is 0 Å². The molecule has 0 saturated carbocycles. The quantitative estimate of drug-likeness (QED) is 0.726. The minimum atomic E-state index is -0.402. The van der Waals surface area contributed by atoms with Gasteiger partial charge in [-0.05, 0) is 0 Å². The van der Waals surface area contributed by atoms with Gasteiger partial charge in [-0.3, -0.25) is 9.59 Å². The zero-order chi connectivity index (χ0) is 10.9. The van der Waals surface area contributed by atoms with Gasteiger partial charge in [0.15, 0.2) is 0 Å². The Labute approximate surface area is 106 Å². The van der Waals surface area contributed by atoms with E-state index in [0.29, 0.717) is 0 Å². The third kappa shape index (κ3) is 5.85.